The second-order valence-corrected chi connectivity index (χ2v) is 8.31. The minimum atomic E-state index is 0.642. The first-order valence-corrected chi connectivity index (χ1v) is 11.2. The van der Waals surface area contributed by atoms with Crippen molar-refractivity contribution < 1.29 is 0 Å². The van der Waals surface area contributed by atoms with Crippen LogP contribution in [0.3, 0.4) is 0 Å². The second kappa shape index (κ2) is 10.2. The molecule has 0 saturated heterocycles. The first kappa shape index (κ1) is 21.7. The van der Waals surface area contributed by atoms with E-state index in [9.17, 15) is 0 Å². The van der Waals surface area contributed by atoms with Crippen molar-refractivity contribution in [1.82, 2.24) is 0 Å². The van der Waals surface area contributed by atoms with E-state index in [1.165, 1.54) is 11.1 Å². The molecule has 0 aliphatic heterocycles. The van der Waals surface area contributed by atoms with Crippen LogP contribution >= 0.6 is 15.9 Å². The fourth-order valence-corrected chi connectivity index (χ4v) is 3.60. The third kappa shape index (κ3) is 5.37. The van der Waals surface area contributed by atoms with E-state index >= 15 is 0 Å². The Labute approximate surface area is 197 Å². The van der Waals surface area contributed by atoms with Crippen LogP contribution < -0.4 is 0 Å². The summed E-state index contributed by atoms with van der Waals surface area (Å²) in [6.07, 6.45) is 0. The van der Waals surface area contributed by atoms with E-state index in [2.05, 4.69) is 71.0 Å². The van der Waals surface area contributed by atoms with Gasteiger partial charge in [0.25, 0.3) is 0 Å². The number of aliphatic imine (C=N–C) groups is 2. The lowest BCUT2D eigenvalue weighted by atomic mass is 10.0. The Balaban J connectivity index is 1.67. The van der Waals surface area contributed by atoms with Crippen LogP contribution in [0.4, 0.5) is 0 Å². The van der Waals surface area contributed by atoms with E-state index in [0.29, 0.717) is 11.5 Å². The summed E-state index contributed by atoms with van der Waals surface area (Å²) in [4.78, 5) is 9.70. The van der Waals surface area contributed by atoms with Crippen molar-refractivity contribution in [3.05, 3.63) is 137 Å². The largest absolute Gasteiger partial charge is 0.233 e. The molecule has 0 amide bonds. The fraction of sp³-hybridized carbons (Fsp3) is 0.0345. The molecule has 4 aromatic rings. The van der Waals surface area contributed by atoms with Gasteiger partial charge < -0.3 is 0 Å². The van der Waals surface area contributed by atoms with Crippen molar-refractivity contribution in [2.24, 2.45) is 9.98 Å². The van der Waals surface area contributed by atoms with E-state index in [1.807, 2.05) is 67.6 Å². The molecular weight excluding hydrogens is 456 g/mol. The van der Waals surface area contributed by atoms with Gasteiger partial charge in [0.1, 0.15) is 0 Å². The molecule has 0 N–H and O–H groups in total. The van der Waals surface area contributed by atoms with Gasteiger partial charge in [0, 0.05) is 15.7 Å². The van der Waals surface area contributed by atoms with Crippen LogP contribution in [0.5, 0.6) is 0 Å². The molecule has 0 bridgehead atoms. The molecule has 0 atom stereocenters. The highest BCUT2D eigenvalue weighted by Crippen LogP contribution is 2.21. The summed E-state index contributed by atoms with van der Waals surface area (Å²) in [6, 6.07) is 36.8. The molecule has 32 heavy (non-hydrogen) atoms. The van der Waals surface area contributed by atoms with Gasteiger partial charge in [-0.05, 0) is 41.3 Å². The van der Waals surface area contributed by atoms with Crippen LogP contribution in [0.25, 0.3) is 16.8 Å². The molecule has 0 aliphatic carbocycles. The van der Waals surface area contributed by atoms with Crippen LogP contribution in [-0.4, -0.2) is 11.5 Å². The molecule has 0 saturated carbocycles. The summed E-state index contributed by atoms with van der Waals surface area (Å²) in [5.41, 5.74) is 6.92. The third-order valence-corrected chi connectivity index (χ3v) is 5.66. The maximum absolute atomic E-state index is 4.90. The number of nitrogens with zero attached hydrogens (tertiary/aromatic N) is 2. The Bertz CT molecular complexity index is 1250. The summed E-state index contributed by atoms with van der Waals surface area (Å²) >= 11 is 3.47. The summed E-state index contributed by atoms with van der Waals surface area (Å²) in [5, 5.41) is 0. The van der Waals surface area contributed by atoms with Gasteiger partial charge in [0.05, 0.1) is 5.70 Å². The molecule has 156 valence electrons. The topological polar surface area (TPSA) is 24.7 Å². The molecule has 4 aromatic carbocycles. The lowest BCUT2D eigenvalue weighted by Crippen LogP contribution is -2.04. The zero-order valence-electron chi connectivity index (χ0n) is 17.9. The highest BCUT2D eigenvalue weighted by Gasteiger charge is 2.07. The summed E-state index contributed by atoms with van der Waals surface area (Å²) in [6.45, 7) is 6.19. The van der Waals surface area contributed by atoms with Gasteiger partial charge in [0.2, 0.25) is 0 Å². The van der Waals surface area contributed by atoms with Gasteiger partial charge in [0.15, 0.2) is 5.84 Å². The van der Waals surface area contributed by atoms with Gasteiger partial charge in [-0.3, -0.25) is 0 Å². The summed E-state index contributed by atoms with van der Waals surface area (Å²) in [7, 11) is 0. The predicted octanol–water partition coefficient (Wildman–Crippen LogP) is 8.04. The summed E-state index contributed by atoms with van der Waals surface area (Å²) in [5.74, 6) is 0.642. The monoisotopic (exact) mass is 478 g/mol. The first-order chi connectivity index (χ1) is 15.6. The second-order valence-electron chi connectivity index (χ2n) is 7.40. The average Bonchev–Trinajstić information content (AvgIpc) is 2.85. The van der Waals surface area contributed by atoms with Gasteiger partial charge in [-0.2, -0.15) is 0 Å². The first-order valence-electron chi connectivity index (χ1n) is 10.4. The zero-order chi connectivity index (χ0) is 22.3. The van der Waals surface area contributed by atoms with Crippen molar-refractivity contribution in [2.45, 2.75) is 6.92 Å². The number of amidine groups is 1. The van der Waals surface area contributed by atoms with Crippen molar-refractivity contribution in [3.63, 3.8) is 0 Å². The molecule has 4 rings (SSSR count). The Morgan fingerprint density at radius 3 is 1.75 bits per heavy atom. The Morgan fingerprint density at radius 1 is 0.594 bits per heavy atom. The number of rotatable bonds is 5. The normalized spacial score (nSPS) is 11.9. The SMILES string of the molecule is C=C(N=C(N=C(C)c1ccc(-c2ccccc2)cc1)c1ccccc1)c1ccc(Br)cc1. The maximum Gasteiger partial charge on any atom is 0.160 e. The molecule has 0 aromatic heterocycles. The van der Waals surface area contributed by atoms with Gasteiger partial charge in [-0.15, -0.1) is 0 Å². The highest BCUT2D eigenvalue weighted by molar-refractivity contribution is 9.10. The predicted molar refractivity (Wildman–Crippen MR) is 140 cm³/mol. The molecule has 2 nitrogen and oxygen atoms in total. The maximum atomic E-state index is 4.90. The summed E-state index contributed by atoms with van der Waals surface area (Å²) < 4.78 is 1.02. The fourth-order valence-electron chi connectivity index (χ4n) is 3.33. The van der Waals surface area contributed by atoms with E-state index in [-0.39, 0.29) is 0 Å². The molecule has 0 heterocycles. The van der Waals surface area contributed by atoms with Crippen molar-refractivity contribution in [3.8, 4) is 11.1 Å². The molecule has 0 unspecified atom stereocenters. The average molecular weight is 479 g/mol. The van der Waals surface area contributed by atoms with Crippen LogP contribution in [0.15, 0.2) is 130 Å². The number of hydrogen-bond donors (Lipinski definition) is 0. The molecule has 0 fully saturated rings. The van der Waals surface area contributed by atoms with Gasteiger partial charge in [-0.1, -0.05) is 120 Å². The van der Waals surface area contributed by atoms with E-state index < -0.39 is 0 Å². The molecule has 0 aliphatic rings. The zero-order valence-corrected chi connectivity index (χ0v) is 19.5. The Hall–Kier alpha value is -3.56. The van der Waals surface area contributed by atoms with E-state index in [1.54, 1.807) is 0 Å². The lowest BCUT2D eigenvalue weighted by molar-refractivity contribution is 1.43. The molecule has 0 radical (unpaired) electrons. The number of benzene rings is 4. The van der Waals surface area contributed by atoms with Crippen molar-refractivity contribution >= 4 is 33.2 Å². The minimum absolute atomic E-state index is 0.642. The van der Waals surface area contributed by atoms with Crippen molar-refractivity contribution in [1.29, 1.82) is 0 Å². The Kier molecular flexibility index (Phi) is 6.88. The highest BCUT2D eigenvalue weighted by atomic mass is 79.9. The van der Waals surface area contributed by atoms with Gasteiger partial charge in [-0.25, -0.2) is 9.98 Å². The quantitative estimate of drug-likeness (QED) is 0.204. The number of halogens is 1. The molecule has 3 heteroatoms. The van der Waals surface area contributed by atoms with Gasteiger partial charge >= 0.3 is 0 Å². The molecule has 0 spiro atoms. The Morgan fingerprint density at radius 2 is 1.12 bits per heavy atom. The van der Waals surface area contributed by atoms with Crippen LogP contribution in [0.1, 0.15) is 23.6 Å². The lowest BCUT2D eigenvalue weighted by Gasteiger charge is -2.08. The number of hydrogen-bond acceptors (Lipinski definition) is 1. The standard InChI is InChI=1S/C29H23BrN2/c1-21(23-13-15-26(16-14-23)25-9-5-3-6-10-25)31-29(27-11-7-4-8-12-27)32-22(2)24-17-19-28(30)20-18-24/h3-20H,2H2,1H3. The molecular formula is C29H23BrN2. The van der Waals surface area contributed by atoms with Crippen LogP contribution in [0.2, 0.25) is 0 Å². The third-order valence-electron chi connectivity index (χ3n) is 5.13. The van der Waals surface area contributed by atoms with E-state index in [0.717, 1.165) is 26.9 Å². The van der Waals surface area contributed by atoms with Crippen LogP contribution in [0, 0.1) is 0 Å². The van der Waals surface area contributed by atoms with Crippen LogP contribution in [-0.2, 0) is 0 Å². The minimum Gasteiger partial charge on any atom is -0.233 e. The smallest absolute Gasteiger partial charge is 0.160 e. The van der Waals surface area contributed by atoms with E-state index in [4.69, 9.17) is 9.98 Å². The van der Waals surface area contributed by atoms with Crippen molar-refractivity contribution in [2.75, 3.05) is 0 Å².